The van der Waals surface area contributed by atoms with Gasteiger partial charge in [0.15, 0.2) is 0 Å². The number of carboxylic acids is 1. The fourth-order valence-electron chi connectivity index (χ4n) is 2.75. The van der Waals surface area contributed by atoms with Gasteiger partial charge in [0.25, 0.3) is 0 Å². The third-order valence-electron chi connectivity index (χ3n) is 4.07. The smallest absolute Gasteiger partial charge is 0.243 e. The molecule has 1 aromatic carbocycles. The van der Waals surface area contributed by atoms with E-state index in [4.69, 9.17) is 9.15 Å². The van der Waals surface area contributed by atoms with Gasteiger partial charge in [-0.3, -0.25) is 0 Å². The van der Waals surface area contributed by atoms with E-state index in [1.54, 1.807) is 12.1 Å². The first-order valence-corrected chi connectivity index (χ1v) is 9.36. The summed E-state index contributed by atoms with van der Waals surface area (Å²) >= 11 is 0. The molecular weight excluding hydrogens is 346 g/mol. The molecule has 0 unspecified atom stereocenters. The summed E-state index contributed by atoms with van der Waals surface area (Å²) in [7, 11) is -3.83. The standard InChI is InChI=1S/C17H19NO6S/c19-17(20)13-5-7-16(8-6-13)25(21,22)18(11-14-3-1-9-23-14)12-15-4-2-10-24-15/h1,3,5-9,15H,2,4,10-12H2,(H,19,20)/p-1/t15-/m0/s1. The second-order valence-corrected chi connectivity index (χ2v) is 7.76. The van der Waals surface area contributed by atoms with E-state index in [9.17, 15) is 18.3 Å². The van der Waals surface area contributed by atoms with Gasteiger partial charge in [-0.15, -0.1) is 0 Å². The number of hydrogen-bond donors (Lipinski definition) is 0. The predicted molar refractivity (Wildman–Crippen MR) is 86.1 cm³/mol. The Hall–Kier alpha value is -2.16. The highest BCUT2D eigenvalue weighted by molar-refractivity contribution is 7.89. The third kappa shape index (κ3) is 4.09. The van der Waals surface area contributed by atoms with Crippen LogP contribution in [0.4, 0.5) is 0 Å². The lowest BCUT2D eigenvalue weighted by Gasteiger charge is -2.24. The van der Waals surface area contributed by atoms with Gasteiger partial charge in [0, 0.05) is 13.2 Å². The zero-order valence-corrected chi connectivity index (χ0v) is 14.3. The summed E-state index contributed by atoms with van der Waals surface area (Å²) in [5, 5.41) is 10.8. The lowest BCUT2D eigenvalue weighted by atomic mass is 10.2. The van der Waals surface area contributed by atoms with E-state index in [2.05, 4.69) is 0 Å². The first kappa shape index (κ1) is 17.7. The molecule has 0 N–H and O–H groups in total. The highest BCUT2D eigenvalue weighted by Gasteiger charge is 2.29. The lowest BCUT2D eigenvalue weighted by molar-refractivity contribution is -0.255. The predicted octanol–water partition coefficient (Wildman–Crippen LogP) is 1.01. The zero-order chi connectivity index (χ0) is 17.9. The molecule has 0 amide bonds. The summed E-state index contributed by atoms with van der Waals surface area (Å²) in [6.45, 7) is 0.919. The molecule has 2 aromatic rings. The Labute approximate surface area is 145 Å². The van der Waals surface area contributed by atoms with Crippen LogP contribution in [0, 0.1) is 0 Å². The number of ether oxygens (including phenoxy) is 1. The van der Waals surface area contributed by atoms with Crippen molar-refractivity contribution < 1.29 is 27.5 Å². The van der Waals surface area contributed by atoms with Gasteiger partial charge in [-0.25, -0.2) is 8.42 Å². The molecule has 25 heavy (non-hydrogen) atoms. The zero-order valence-electron chi connectivity index (χ0n) is 13.5. The Morgan fingerprint density at radius 2 is 2.00 bits per heavy atom. The van der Waals surface area contributed by atoms with E-state index in [1.807, 2.05) is 0 Å². The van der Waals surface area contributed by atoms with Crippen LogP contribution in [0.25, 0.3) is 0 Å². The van der Waals surface area contributed by atoms with Crippen molar-refractivity contribution in [2.45, 2.75) is 30.4 Å². The minimum atomic E-state index is -3.83. The number of carboxylic acid groups (broad SMARTS) is 1. The molecule has 8 heteroatoms. The van der Waals surface area contributed by atoms with Crippen molar-refractivity contribution in [3.05, 3.63) is 54.0 Å². The molecule has 134 valence electrons. The van der Waals surface area contributed by atoms with E-state index in [0.29, 0.717) is 12.4 Å². The molecule has 1 aliphatic heterocycles. The van der Waals surface area contributed by atoms with Crippen LogP contribution in [0.2, 0.25) is 0 Å². The van der Waals surface area contributed by atoms with E-state index in [0.717, 1.165) is 12.8 Å². The maximum atomic E-state index is 13.0. The van der Waals surface area contributed by atoms with Crippen LogP contribution in [0.3, 0.4) is 0 Å². The summed E-state index contributed by atoms with van der Waals surface area (Å²) in [6.07, 6.45) is 3.03. The van der Waals surface area contributed by atoms with Crippen LogP contribution >= 0.6 is 0 Å². The van der Waals surface area contributed by atoms with Crippen molar-refractivity contribution in [1.29, 1.82) is 0 Å². The van der Waals surface area contributed by atoms with Gasteiger partial charge in [0.2, 0.25) is 10.0 Å². The highest BCUT2D eigenvalue weighted by atomic mass is 32.2. The van der Waals surface area contributed by atoms with Crippen LogP contribution in [-0.4, -0.2) is 37.9 Å². The van der Waals surface area contributed by atoms with Crippen LogP contribution in [0.15, 0.2) is 52.0 Å². The van der Waals surface area contributed by atoms with Crippen LogP contribution in [0.1, 0.15) is 29.0 Å². The molecule has 1 atom stereocenters. The Bertz CT molecular complexity index is 807. The summed E-state index contributed by atoms with van der Waals surface area (Å²) in [5.74, 6) is -0.830. The average Bonchev–Trinajstić information content (AvgIpc) is 3.28. The normalized spacial score (nSPS) is 17.9. The molecule has 2 heterocycles. The Balaban J connectivity index is 1.87. The maximum Gasteiger partial charge on any atom is 0.243 e. The van der Waals surface area contributed by atoms with E-state index in [1.165, 1.54) is 34.8 Å². The Morgan fingerprint density at radius 1 is 1.24 bits per heavy atom. The molecule has 7 nitrogen and oxygen atoms in total. The number of rotatable bonds is 7. The number of aromatic carboxylic acids is 1. The fourth-order valence-corrected chi connectivity index (χ4v) is 4.19. The molecular formula is C17H18NO6S-. The van der Waals surface area contributed by atoms with Gasteiger partial charge in [-0.05, 0) is 42.7 Å². The maximum absolute atomic E-state index is 13.0. The van der Waals surface area contributed by atoms with Crippen LogP contribution in [0.5, 0.6) is 0 Å². The first-order valence-electron chi connectivity index (χ1n) is 7.92. The van der Waals surface area contributed by atoms with Gasteiger partial charge >= 0.3 is 0 Å². The quantitative estimate of drug-likeness (QED) is 0.727. The molecule has 0 aliphatic carbocycles. The number of carbonyl (C=O) groups excluding carboxylic acids is 1. The van der Waals surface area contributed by atoms with Crippen molar-refractivity contribution in [3.63, 3.8) is 0 Å². The van der Waals surface area contributed by atoms with E-state index < -0.39 is 16.0 Å². The molecule has 1 aromatic heterocycles. The Kier molecular flexibility index (Phi) is 5.22. The van der Waals surface area contributed by atoms with Gasteiger partial charge in [-0.1, -0.05) is 12.1 Å². The number of benzene rings is 1. The Morgan fingerprint density at radius 3 is 2.56 bits per heavy atom. The number of sulfonamides is 1. The van der Waals surface area contributed by atoms with Crippen molar-refractivity contribution in [2.24, 2.45) is 0 Å². The van der Waals surface area contributed by atoms with Crippen LogP contribution < -0.4 is 5.11 Å². The summed E-state index contributed by atoms with van der Waals surface area (Å²) < 4.78 is 38.1. The molecule has 0 bridgehead atoms. The molecule has 3 rings (SSSR count). The summed E-state index contributed by atoms with van der Waals surface area (Å²) in [5.41, 5.74) is -0.0735. The highest BCUT2D eigenvalue weighted by Crippen LogP contribution is 2.22. The molecule has 0 radical (unpaired) electrons. The van der Waals surface area contributed by atoms with Crippen molar-refractivity contribution in [1.82, 2.24) is 4.31 Å². The van der Waals surface area contributed by atoms with Gasteiger partial charge in [0.05, 0.1) is 29.8 Å². The number of hydrogen-bond acceptors (Lipinski definition) is 6. The third-order valence-corrected chi connectivity index (χ3v) is 5.90. The lowest BCUT2D eigenvalue weighted by Crippen LogP contribution is -2.36. The molecule has 1 fully saturated rings. The SMILES string of the molecule is O=C([O-])c1ccc(S(=O)(=O)N(Cc2ccco2)C[C@@H]2CCCO2)cc1. The van der Waals surface area contributed by atoms with E-state index >= 15 is 0 Å². The average molecular weight is 364 g/mol. The van der Waals surface area contributed by atoms with Crippen LogP contribution in [-0.2, 0) is 21.3 Å². The van der Waals surface area contributed by atoms with Crippen molar-refractivity contribution in [3.8, 4) is 0 Å². The summed E-state index contributed by atoms with van der Waals surface area (Å²) in [6, 6.07) is 8.38. The molecule has 0 saturated carbocycles. The first-order chi connectivity index (χ1) is 12.0. The topological polar surface area (TPSA) is 99.9 Å². The summed E-state index contributed by atoms with van der Waals surface area (Å²) in [4.78, 5) is 10.9. The molecule has 1 aliphatic rings. The van der Waals surface area contributed by atoms with Crippen molar-refractivity contribution in [2.75, 3.05) is 13.2 Å². The minimum Gasteiger partial charge on any atom is -0.545 e. The van der Waals surface area contributed by atoms with E-state index in [-0.39, 0.29) is 29.7 Å². The van der Waals surface area contributed by atoms with Gasteiger partial charge in [0.1, 0.15) is 5.76 Å². The number of furan rings is 1. The largest absolute Gasteiger partial charge is 0.545 e. The number of nitrogens with zero attached hydrogens (tertiary/aromatic N) is 1. The second-order valence-electron chi connectivity index (χ2n) is 5.82. The number of carbonyl (C=O) groups is 1. The second kappa shape index (κ2) is 7.38. The monoisotopic (exact) mass is 364 g/mol. The fraction of sp³-hybridized carbons (Fsp3) is 0.353. The van der Waals surface area contributed by atoms with Crippen molar-refractivity contribution >= 4 is 16.0 Å². The van der Waals surface area contributed by atoms with Gasteiger partial charge in [-0.2, -0.15) is 4.31 Å². The van der Waals surface area contributed by atoms with Gasteiger partial charge < -0.3 is 19.1 Å². The molecule has 1 saturated heterocycles. The molecule has 0 spiro atoms. The minimum absolute atomic E-state index is 0.0158.